The highest BCUT2D eigenvalue weighted by atomic mass is 16.8. The van der Waals surface area contributed by atoms with Crippen LogP contribution in [0.5, 0.6) is 0 Å². The van der Waals surface area contributed by atoms with Crippen LogP contribution in [-0.4, -0.2) is 215 Å². The van der Waals surface area contributed by atoms with Crippen molar-refractivity contribution >= 4 is 17.8 Å². The lowest BCUT2D eigenvalue weighted by molar-refractivity contribution is -0.386. The van der Waals surface area contributed by atoms with Crippen molar-refractivity contribution in [1.29, 1.82) is 0 Å². The molecule has 23 nitrogen and oxygen atoms in total. The summed E-state index contributed by atoms with van der Waals surface area (Å²) in [5.74, 6) is -6.14. The summed E-state index contributed by atoms with van der Waals surface area (Å²) in [4.78, 5) is 38.6. The van der Waals surface area contributed by atoms with Crippen molar-refractivity contribution in [2.24, 2.45) is 0 Å². The molecule has 0 aromatic rings. The second-order valence-corrected chi connectivity index (χ2v) is 27.5. The molecule has 3 saturated heterocycles. The monoisotopic (exact) mass is 1370 g/mol. The van der Waals surface area contributed by atoms with Crippen LogP contribution in [0.15, 0.2) is 24.3 Å². The first-order valence-electron chi connectivity index (χ1n) is 37.7. The number of aliphatic carboxylic acids is 1. The standard InChI is InChI=1S/C73H134N2O21/c1-4-6-8-10-12-14-16-18-19-20-21-22-23-24-25-26-27-28-29-30-31-32-33-35-37-39-41-43-45-47-60(83)75-54(55(80)46-44-42-40-38-36-34-17-15-13-11-9-7-5-2)52-91-70-65(87)64(86)67(59(51-78)93-70)94-71-66(88)69(63(85)58(50-77)92-71)96-73(72(89)90)48-56(81)61(74-53(3)79)68(95-73)62(84)57(82)49-76/h24-25,44,46,54-59,61-71,76-78,80-82,84-88H,4-23,26-43,45,47-52H2,1-3H3,(H,74,79)(H,75,83)(H,89,90)/b25-24-,46-44+. The van der Waals surface area contributed by atoms with Gasteiger partial charge in [0.2, 0.25) is 11.8 Å². The maximum Gasteiger partial charge on any atom is 0.364 e. The Bertz CT molecular complexity index is 2030. The number of hydrogen-bond donors (Lipinski definition) is 14. The molecule has 562 valence electrons. The Labute approximate surface area is 574 Å². The van der Waals surface area contributed by atoms with Crippen LogP contribution in [0.1, 0.15) is 284 Å². The molecule has 3 aliphatic rings. The zero-order valence-electron chi connectivity index (χ0n) is 59.0. The number of amides is 2. The number of unbranched alkanes of at least 4 members (excludes halogenated alkanes) is 36. The van der Waals surface area contributed by atoms with Crippen molar-refractivity contribution in [2.45, 2.75) is 394 Å². The van der Waals surface area contributed by atoms with Crippen LogP contribution >= 0.6 is 0 Å². The molecular weight excluding hydrogens is 1240 g/mol. The molecule has 18 unspecified atom stereocenters. The number of hydrogen-bond acceptors (Lipinski definition) is 20. The van der Waals surface area contributed by atoms with Gasteiger partial charge in [-0.3, -0.25) is 9.59 Å². The number of rotatable bonds is 58. The van der Waals surface area contributed by atoms with Gasteiger partial charge in [0.1, 0.15) is 67.1 Å². The van der Waals surface area contributed by atoms with E-state index in [1.165, 1.54) is 193 Å². The molecule has 0 aliphatic carbocycles. The summed E-state index contributed by atoms with van der Waals surface area (Å²) in [5, 5.41) is 136. The molecule has 0 radical (unpaired) electrons. The molecule has 0 saturated carbocycles. The highest BCUT2D eigenvalue weighted by Gasteiger charge is 2.60. The molecule has 3 fully saturated rings. The third kappa shape index (κ3) is 34.3. The number of carbonyl (C=O) groups excluding carboxylic acids is 2. The van der Waals surface area contributed by atoms with Crippen LogP contribution in [0.25, 0.3) is 0 Å². The number of allylic oxidation sites excluding steroid dienone is 3. The zero-order valence-corrected chi connectivity index (χ0v) is 59.0. The van der Waals surface area contributed by atoms with Gasteiger partial charge in [-0.25, -0.2) is 4.79 Å². The summed E-state index contributed by atoms with van der Waals surface area (Å²) < 4.78 is 34.8. The summed E-state index contributed by atoms with van der Waals surface area (Å²) >= 11 is 0. The number of carboxylic acids is 1. The third-order valence-electron chi connectivity index (χ3n) is 19.1. The van der Waals surface area contributed by atoms with Gasteiger partial charge in [0.25, 0.3) is 5.79 Å². The second-order valence-electron chi connectivity index (χ2n) is 27.5. The minimum atomic E-state index is -3.08. The van der Waals surface area contributed by atoms with E-state index in [4.69, 9.17) is 28.4 Å². The molecule has 2 amide bonds. The number of ether oxygens (including phenoxy) is 6. The van der Waals surface area contributed by atoms with Gasteiger partial charge in [-0.2, -0.15) is 0 Å². The Kier molecular flexibility index (Phi) is 48.3. The van der Waals surface area contributed by atoms with E-state index < -0.39 is 155 Å². The molecule has 3 heterocycles. The first-order valence-corrected chi connectivity index (χ1v) is 37.7. The molecule has 0 spiro atoms. The van der Waals surface area contributed by atoms with E-state index in [1.54, 1.807) is 6.08 Å². The lowest BCUT2D eigenvalue weighted by Crippen LogP contribution is -2.70. The summed E-state index contributed by atoms with van der Waals surface area (Å²) in [7, 11) is 0. The summed E-state index contributed by atoms with van der Waals surface area (Å²) in [6.45, 7) is 2.15. The molecule has 3 rings (SSSR count). The van der Waals surface area contributed by atoms with E-state index in [0.29, 0.717) is 12.8 Å². The molecule has 18 atom stereocenters. The quantitative estimate of drug-likeness (QED) is 0.0201. The first kappa shape index (κ1) is 87.4. The van der Waals surface area contributed by atoms with Crippen molar-refractivity contribution < 1.29 is 104 Å². The highest BCUT2D eigenvalue weighted by Crippen LogP contribution is 2.39. The molecule has 0 aromatic carbocycles. The Morgan fingerprint density at radius 2 is 0.979 bits per heavy atom. The number of aliphatic hydroxyl groups is 11. The van der Waals surface area contributed by atoms with Gasteiger partial charge in [-0.1, -0.05) is 244 Å². The van der Waals surface area contributed by atoms with Gasteiger partial charge in [0.15, 0.2) is 12.6 Å². The fraction of sp³-hybridized carbons (Fsp3) is 0.904. The van der Waals surface area contributed by atoms with Crippen LogP contribution < -0.4 is 10.6 Å². The SMILES string of the molecule is CCCCCCCCCCCCC/C=C/C(O)C(COC1OC(CO)C(OC2OC(CO)C(O)C(OC3(C(=O)O)CC(O)C(NC(C)=O)C(C(O)C(O)CO)O3)C2O)C(O)C1O)NC(=O)CCCCCCCCCCCCCCC/C=C\CCCCCCCCCCCCCC. The van der Waals surface area contributed by atoms with E-state index in [0.717, 1.165) is 51.9 Å². The van der Waals surface area contributed by atoms with E-state index in [2.05, 4.69) is 36.6 Å². The average molecular weight is 1380 g/mol. The van der Waals surface area contributed by atoms with E-state index in [-0.39, 0.29) is 12.3 Å². The van der Waals surface area contributed by atoms with Gasteiger partial charge in [-0.15, -0.1) is 0 Å². The number of carboxylic acid groups (broad SMARTS) is 1. The Balaban J connectivity index is 1.50. The van der Waals surface area contributed by atoms with Crippen LogP contribution in [0.3, 0.4) is 0 Å². The molecule has 96 heavy (non-hydrogen) atoms. The first-order chi connectivity index (χ1) is 46.4. The van der Waals surface area contributed by atoms with Crippen molar-refractivity contribution in [1.82, 2.24) is 10.6 Å². The zero-order chi connectivity index (χ0) is 70.4. The largest absolute Gasteiger partial charge is 0.477 e. The smallest absolute Gasteiger partial charge is 0.364 e. The number of nitrogens with one attached hydrogen (secondary N) is 2. The van der Waals surface area contributed by atoms with Crippen LogP contribution in [0, 0.1) is 0 Å². The van der Waals surface area contributed by atoms with Crippen molar-refractivity contribution in [3.05, 3.63) is 24.3 Å². The van der Waals surface area contributed by atoms with Crippen molar-refractivity contribution in [3.8, 4) is 0 Å². The highest BCUT2D eigenvalue weighted by molar-refractivity contribution is 5.77. The molecule has 3 aliphatic heterocycles. The normalized spacial score (nSPS) is 27.7. The summed E-state index contributed by atoms with van der Waals surface area (Å²) in [6, 6.07) is -2.62. The van der Waals surface area contributed by atoms with Crippen LogP contribution in [0.2, 0.25) is 0 Å². The molecule has 23 heteroatoms. The predicted molar refractivity (Wildman–Crippen MR) is 366 cm³/mol. The van der Waals surface area contributed by atoms with E-state index >= 15 is 0 Å². The summed E-state index contributed by atoms with van der Waals surface area (Å²) in [6.07, 6.45) is 26.7. The minimum Gasteiger partial charge on any atom is -0.477 e. The van der Waals surface area contributed by atoms with E-state index in [9.17, 15) is 75.7 Å². The van der Waals surface area contributed by atoms with Gasteiger partial charge in [-0.05, 0) is 44.9 Å². The lowest BCUT2D eigenvalue weighted by atomic mass is 9.88. The van der Waals surface area contributed by atoms with Crippen molar-refractivity contribution in [3.63, 3.8) is 0 Å². The predicted octanol–water partition coefficient (Wildman–Crippen LogP) is 8.40. The molecule has 0 aromatic heterocycles. The second kappa shape index (κ2) is 53.1. The van der Waals surface area contributed by atoms with Gasteiger partial charge >= 0.3 is 5.97 Å². The maximum absolute atomic E-state index is 13.5. The molecular formula is C73H134N2O21. The van der Waals surface area contributed by atoms with E-state index in [1.807, 2.05) is 6.08 Å². The summed E-state index contributed by atoms with van der Waals surface area (Å²) in [5.41, 5.74) is 0. The topological polar surface area (TPSA) is 373 Å². The third-order valence-corrected chi connectivity index (χ3v) is 19.1. The van der Waals surface area contributed by atoms with Gasteiger partial charge in [0.05, 0.1) is 50.7 Å². The fourth-order valence-electron chi connectivity index (χ4n) is 13.1. The van der Waals surface area contributed by atoms with Crippen molar-refractivity contribution in [2.75, 3.05) is 26.4 Å². The average Bonchev–Trinajstić information content (AvgIpc) is 0.758. The van der Waals surface area contributed by atoms with Crippen LogP contribution in [0.4, 0.5) is 0 Å². The maximum atomic E-state index is 13.5. The fourth-order valence-corrected chi connectivity index (χ4v) is 13.1. The molecule has 0 bridgehead atoms. The molecule has 14 N–H and O–H groups in total. The lowest BCUT2D eigenvalue weighted by Gasteiger charge is -2.50. The van der Waals surface area contributed by atoms with Gasteiger partial charge < -0.3 is 100 Å². The Morgan fingerprint density at radius 3 is 1.42 bits per heavy atom. The Morgan fingerprint density at radius 1 is 0.542 bits per heavy atom. The van der Waals surface area contributed by atoms with Gasteiger partial charge in [0, 0.05) is 19.8 Å². The number of carbonyl (C=O) groups is 3. The number of aliphatic hydroxyl groups excluding tert-OH is 11. The Hall–Kier alpha value is -2.79. The minimum absolute atomic E-state index is 0.202. The van der Waals surface area contributed by atoms with Crippen LogP contribution in [-0.2, 0) is 42.8 Å².